The summed E-state index contributed by atoms with van der Waals surface area (Å²) >= 11 is 0. The molecular weight excluding hydrogens is 132 g/mol. The van der Waals surface area contributed by atoms with E-state index >= 15 is 0 Å². The van der Waals surface area contributed by atoms with Crippen molar-refractivity contribution in [3.8, 4) is 0 Å². The van der Waals surface area contributed by atoms with Crippen molar-refractivity contribution in [1.29, 1.82) is 0 Å². The third-order valence-corrected chi connectivity index (χ3v) is 1.27. The minimum Gasteiger partial charge on any atom is -0.345 e. The predicted octanol–water partition coefficient (Wildman–Crippen LogP) is -0.384. The van der Waals surface area contributed by atoms with Gasteiger partial charge in [-0.2, -0.15) is 5.48 Å². The number of nitrogens with zero attached hydrogens (tertiary/aromatic N) is 1. The van der Waals surface area contributed by atoms with Crippen molar-refractivity contribution in [1.82, 2.24) is 10.4 Å². The van der Waals surface area contributed by atoms with Crippen molar-refractivity contribution in [2.24, 2.45) is 0 Å². The molecule has 0 spiro atoms. The van der Waals surface area contributed by atoms with E-state index in [1.165, 1.54) is 7.11 Å². The van der Waals surface area contributed by atoms with Crippen molar-refractivity contribution < 1.29 is 9.63 Å². The molecule has 1 amide bonds. The Hall–Kier alpha value is -0.610. The summed E-state index contributed by atoms with van der Waals surface area (Å²) in [4.78, 5) is 17.0. The van der Waals surface area contributed by atoms with E-state index in [9.17, 15) is 4.79 Å². The number of nitrogens with one attached hydrogen (secondary N) is 1. The summed E-state index contributed by atoms with van der Waals surface area (Å²) in [7, 11) is 3.24. The van der Waals surface area contributed by atoms with Gasteiger partial charge >= 0.3 is 0 Å². The Morgan fingerprint density at radius 2 is 2.30 bits per heavy atom. The number of hydrogen-bond acceptors (Lipinski definition) is 3. The maximum atomic E-state index is 10.9. The molecule has 4 heteroatoms. The van der Waals surface area contributed by atoms with Crippen molar-refractivity contribution in [3.05, 3.63) is 0 Å². The molecule has 0 aliphatic carbocycles. The SMILES string of the molecule is CCN(C)C(=O)CNOC. The van der Waals surface area contributed by atoms with Crippen LogP contribution in [0.3, 0.4) is 0 Å². The van der Waals surface area contributed by atoms with E-state index in [1.54, 1.807) is 11.9 Å². The summed E-state index contributed by atoms with van der Waals surface area (Å²) in [6, 6.07) is 0. The smallest absolute Gasteiger partial charge is 0.238 e. The number of carbonyl (C=O) groups excluding carboxylic acids is 1. The van der Waals surface area contributed by atoms with Gasteiger partial charge in [0.05, 0.1) is 7.11 Å². The molecule has 0 bridgehead atoms. The van der Waals surface area contributed by atoms with E-state index in [0.717, 1.165) is 6.54 Å². The third kappa shape index (κ3) is 3.42. The van der Waals surface area contributed by atoms with Crippen LogP contribution in [0, 0.1) is 0 Å². The highest BCUT2D eigenvalue weighted by molar-refractivity contribution is 5.77. The summed E-state index contributed by atoms with van der Waals surface area (Å²) in [5.74, 6) is 0.0318. The number of hydrogen-bond donors (Lipinski definition) is 1. The number of hydroxylamine groups is 1. The van der Waals surface area contributed by atoms with Gasteiger partial charge in [0.2, 0.25) is 5.91 Å². The lowest BCUT2D eigenvalue weighted by atomic mass is 10.5. The molecule has 0 aliphatic heterocycles. The lowest BCUT2D eigenvalue weighted by Gasteiger charge is -2.13. The Morgan fingerprint density at radius 3 is 2.70 bits per heavy atom. The molecule has 4 nitrogen and oxygen atoms in total. The zero-order valence-electron chi connectivity index (χ0n) is 6.68. The lowest BCUT2D eigenvalue weighted by Crippen LogP contribution is -2.34. The average Bonchev–Trinajstić information content (AvgIpc) is 1.98. The third-order valence-electron chi connectivity index (χ3n) is 1.27. The zero-order valence-corrected chi connectivity index (χ0v) is 6.68. The molecule has 60 valence electrons. The molecule has 10 heavy (non-hydrogen) atoms. The fourth-order valence-electron chi connectivity index (χ4n) is 0.445. The Kier molecular flexibility index (Phi) is 4.88. The lowest BCUT2D eigenvalue weighted by molar-refractivity contribution is -0.130. The van der Waals surface area contributed by atoms with Crippen molar-refractivity contribution in [3.63, 3.8) is 0 Å². The predicted molar refractivity (Wildman–Crippen MR) is 38.3 cm³/mol. The summed E-state index contributed by atoms with van der Waals surface area (Å²) in [6.07, 6.45) is 0. The quantitative estimate of drug-likeness (QED) is 0.549. The molecule has 0 saturated carbocycles. The molecule has 0 unspecified atom stereocenters. The summed E-state index contributed by atoms with van der Waals surface area (Å²) in [5.41, 5.74) is 2.47. The normalized spacial score (nSPS) is 9.50. The second-order valence-electron chi connectivity index (χ2n) is 1.93. The number of amides is 1. The fourth-order valence-corrected chi connectivity index (χ4v) is 0.445. The molecule has 0 aromatic heterocycles. The molecule has 0 fully saturated rings. The van der Waals surface area contributed by atoms with Gasteiger partial charge in [-0.1, -0.05) is 0 Å². The molecule has 1 N–H and O–H groups in total. The van der Waals surface area contributed by atoms with Gasteiger partial charge in [-0.3, -0.25) is 4.79 Å². The van der Waals surface area contributed by atoms with E-state index in [1.807, 2.05) is 6.92 Å². The van der Waals surface area contributed by atoms with Crippen LogP contribution in [0.5, 0.6) is 0 Å². The van der Waals surface area contributed by atoms with E-state index in [2.05, 4.69) is 10.3 Å². The van der Waals surface area contributed by atoms with Crippen LogP contribution in [0.4, 0.5) is 0 Å². The van der Waals surface area contributed by atoms with Crippen molar-refractivity contribution >= 4 is 5.91 Å². The van der Waals surface area contributed by atoms with Crippen LogP contribution in [-0.4, -0.2) is 38.1 Å². The van der Waals surface area contributed by atoms with Gasteiger partial charge in [0.25, 0.3) is 0 Å². The van der Waals surface area contributed by atoms with Crippen LogP contribution < -0.4 is 5.48 Å². The number of rotatable bonds is 4. The van der Waals surface area contributed by atoms with E-state index in [-0.39, 0.29) is 12.5 Å². The second-order valence-corrected chi connectivity index (χ2v) is 1.93. The molecule has 0 heterocycles. The van der Waals surface area contributed by atoms with Gasteiger partial charge in [-0.15, -0.1) is 0 Å². The Balaban J connectivity index is 3.42. The Bertz CT molecular complexity index is 106. The maximum Gasteiger partial charge on any atom is 0.238 e. The monoisotopic (exact) mass is 146 g/mol. The van der Waals surface area contributed by atoms with E-state index in [0.29, 0.717) is 0 Å². The highest BCUT2D eigenvalue weighted by atomic mass is 16.6. The molecular formula is C6H14N2O2. The highest BCUT2D eigenvalue weighted by Gasteiger charge is 2.03. The van der Waals surface area contributed by atoms with Crippen LogP contribution in [0.1, 0.15) is 6.92 Å². The minimum atomic E-state index is 0.0318. The zero-order chi connectivity index (χ0) is 7.98. The van der Waals surface area contributed by atoms with Crippen LogP contribution >= 0.6 is 0 Å². The van der Waals surface area contributed by atoms with Crippen molar-refractivity contribution in [2.75, 3.05) is 27.2 Å². The van der Waals surface area contributed by atoms with Crippen molar-refractivity contribution in [2.45, 2.75) is 6.92 Å². The Labute approximate surface area is 61.1 Å². The molecule has 0 aliphatic rings. The largest absolute Gasteiger partial charge is 0.345 e. The van der Waals surface area contributed by atoms with Gasteiger partial charge in [0, 0.05) is 13.6 Å². The molecule has 0 rings (SSSR count). The first kappa shape index (κ1) is 9.39. The summed E-state index contributed by atoms with van der Waals surface area (Å²) in [6.45, 7) is 2.88. The first-order chi connectivity index (χ1) is 4.72. The van der Waals surface area contributed by atoms with Gasteiger partial charge in [0.15, 0.2) is 0 Å². The standard InChI is InChI=1S/C6H14N2O2/c1-4-8(2)6(9)5-7-10-3/h7H,4-5H2,1-3H3. The second kappa shape index (κ2) is 5.20. The molecule has 0 atom stereocenters. The van der Waals surface area contributed by atoms with Crippen LogP contribution in [0.25, 0.3) is 0 Å². The van der Waals surface area contributed by atoms with Crippen LogP contribution in [-0.2, 0) is 9.63 Å². The van der Waals surface area contributed by atoms with Crippen LogP contribution in [0.15, 0.2) is 0 Å². The molecule has 0 aromatic carbocycles. The van der Waals surface area contributed by atoms with Gasteiger partial charge in [-0.25, -0.2) is 0 Å². The number of carbonyl (C=O) groups is 1. The van der Waals surface area contributed by atoms with Gasteiger partial charge < -0.3 is 9.74 Å². The fraction of sp³-hybridized carbons (Fsp3) is 0.833. The summed E-state index contributed by atoms with van der Waals surface area (Å²) in [5, 5.41) is 0. The first-order valence-corrected chi connectivity index (χ1v) is 3.22. The Morgan fingerprint density at radius 1 is 1.70 bits per heavy atom. The molecule has 0 saturated heterocycles. The van der Waals surface area contributed by atoms with Gasteiger partial charge in [-0.05, 0) is 6.92 Å². The first-order valence-electron chi connectivity index (χ1n) is 3.22. The van der Waals surface area contributed by atoms with Crippen LogP contribution in [0.2, 0.25) is 0 Å². The molecule has 0 aromatic rings. The summed E-state index contributed by atoms with van der Waals surface area (Å²) < 4.78 is 0. The topological polar surface area (TPSA) is 41.6 Å². The van der Waals surface area contributed by atoms with E-state index < -0.39 is 0 Å². The molecule has 0 radical (unpaired) electrons. The number of likely N-dealkylation sites (N-methyl/N-ethyl adjacent to an activating group) is 1. The minimum absolute atomic E-state index is 0.0318. The maximum absolute atomic E-state index is 10.9. The highest BCUT2D eigenvalue weighted by Crippen LogP contribution is 1.80. The average molecular weight is 146 g/mol. The van der Waals surface area contributed by atoms with E-state index in [4.69, 9.17) is 0 Å². The van der Waals surface area contributed by atoms with Gasteiger partial charge in [0.1, 0.15) is 6.54 Å².